The summed E-state index contributed by atoms with van der Waals surface area (Å²) in [6, 6.07) is 25.6. The number of benzene rings is 3. The standard InChI is InChI=1S/C32H36N4O2/c1-5-7-14-25-18-20-27(21-19-25)32(38)35(6-2)22-29(37)33-31-30(26-15-9-8-10-16-26)24(4)34-36(31)28-17-12-11-13-23(28)3/h8-13,15-21H,5-7,14,22H2,1-4H3,(H,33,37). The Bertz CT molecular complexity index is 1390. The van der Waals surface area contributed by atoms with E-state index in [-0.39, 0.29) is 18.4 Å². The topological polar surface area (TPSA) is 67.2 Å². The third-order valence-electron chi connectivity index (χ3n) is 6.75. The van der Waals surface area contributed by atoms with Crippen molar-refractivity contribution in [2.75, 3.05) is 18.4 Å². The Morgan fingerprint density at radius 1 is 0.895 bits per heavy atom. The summed E-state index contributed by atoms with van der Waals surface area (Å²) in [7, 11) is 0. The van der Waals surface area contributed by atoms with Crippen molar-refractivity contribution in [2.45, 2.75) is 47.0 Å². The summed E-state index contributed by atoms with van der Waals surface area (Å²) < 4.78 is 1.79. The van der Waals surface area contributed by atoms with Gasteiger partial charge in [-0.25, -0.2) is 4.68 Å². The zero-order chi connectivity index (χ0) is 27.1. The van der Waals surface area contributed by atoms with Crippen LogP contribution in [0.5, 0.6) is 0 Å². The number of nitrogens with one attached hydrogen (secondary N) is 1. The molecule has 3 aromatic carbocycles. The quantitative estimate of drug-likeness (QED) is 0.262. The van der Waals surface area contributed by atoms with Crippen molar-refractivity contribution in [1.29, 1.82) is 0 Å². The molecule has 4 aromatic rings. The molecule has 4 rings (SSSR count). The minimum absolute atomic E-state index is 0.0564. The molecule has 0 unspecified atom stereocenters. The largest absolute Gasteiger partial charge is 0.330 e. The normalized spacial score (nSPS) is 10.8. The molecule has 6 heteroatoms. The van der Waals surface area contributed by atoms with Gasteiger partial charge in [0.15, 0.2) is 0 Å². The van der Waals surface area contributed by atoms with Crippen molar-refractivity contribution >= 4 is 17.6 Å². The van der Waals surface area contributed by atoms with Crippen molar-refractivity contribution in [1.82, 2.24) is 14.7 Å². The summed E-state index contributed by atoms with van der Waals surface area (Å²) in [6.07, 6.45) is 3.26. The lowest BCUT2D eigenvalue weighted by Gasteiger charge is -2.21. The lowest BCUT2D eigenvalue weighted by molar-refractivity contribution is -0.116. The van der Waals surface area contributed by atoms with Crippen molar-refractivity contribution < 1.29 is 9.59 Å². The summed E-state index contributed by atoms with van der Waals surface area (Å²) in [5.74, 6) is 0.167. The van der Waals surface area contributed by atoms with E-state index in [1.807, 2.05) is 99.6 Å². The van der Waals surface area contributed by atoms with Gasteiger partial charge in [-0.05, 0) is 68.5 Å². The minimum atomic E-state index is -0.272. The van der Waals surface area contributed by atoms with Gasteiger partial charge in [-0.2, -0.15) is 5.10 Å². The molecule has 0 aliphatic heterocycles. The maximum atomic E-state index is 13.4. The predicted molar refractivity (Wildman–Crippen MR) is 154 cm³/mol. The number of rotatable bonds is 10. The van der Waals surface area contributed by atoms with Crippen molar-refractivity contribution in [3.8, 4) is 16.8 Å². The summed E-state index contributed by atoms with van der Waals surface area (Å²) in [4.78, 5) is 28.2. The van der Waals surface area contributed by atoms with Crippen molar-refractivity contribution in [3.05, 3.63) is 101 Å². The van der Waals surface area contributed by atoms with E-state index >= 15 is 0 Å². The number of hydrogen-bond acceptors (Lipinski definition) is 3. The smallest absolute Gasteiger partial charge is 0.254 e. The molecule has 0 aliphatic rings. The van der Waals surface area contributed by atoms with Gasteiger partial charge in [0.2, 0.25) is 5.91 Å². The molecule has 196 valence electrons. The number of hydrogen-bond donors (Lipinski definition) is 1. The van der Waals surface area contributed by atoms with Gasteiger partial charge >= 0.3 is 0 Å². The zero-order valence-corrected chi connectivity index (χ0v) is 22.7. The van der Waals surface area contributed by atoms with Gasteiger partial charge in [-0.3, -0.25) is 9.59 Å². The number of carbonyl (C=O) groups excluding carboxylic acids is 2. The number of unbranched alkanes of at least 4 members (excludes halogenated alkanes) is 1. The van der Waals surface area contributed by atoms with Gasteiger partial charge < -0.3 is 10.2 Å². The highest BCUT2D eigenvalue weighted by Crippen LogP contribution is 2.34. The fourth-order valence-corrected chi connectivity index (χ4v) is 4.62. The molecule has 0 bridgehead atoms. The van der Waals surface area contributed by atoms with Gasteiger partial charge in [0.1, 0.15) is 12.4 Å². The first-order chi connectivity index (χ1) is 18.4. The van der Waals surface area contributed by atoms with Crippen LogP contribution in [0.25, 0.3) is 16.8 Å². The first-order valence-electron chi connectivity index (χ1n) is 13.3. The number of aryl methyl sites for hydroxylation is 3. The van der Waals surface area contributed by atoms with Gasteiger partial charge in [-0.1, -0.05) is 74.0 Å². The number of aromatic nitrogens is 2. The molecule has 0 radical (unpaired) electrons. The van der Waals surface area contributed by atoms with E-state index in [0.29, 0.717) is 17.9 Å². The van der Waals surface area contributed by atoms with E-state index in [1.54, 1.807) is 9.58 Å². The summed E-state index contributed by atoms with van der Waals surface area (Å²) in [5, 5.41) is 7.90. The second-order valence-corrected chi connectivity index (χ2v) is 9.54. The monoisotopic (exact) mass is 508 g/mol. The second-order valence-electron chi connectivity index (χ2n) is 9.54. The molecule has 1 aromatic heterocycles. The number of nitrogens with zero attached hydrogens (tertiary/aromatic N) is 3. The van der Waals surface area contributed by atoms with Crippen LogP contribution in [0.3, 0.4) is 0 Å². The highest BCUT2D eigenvalue weighted by molar-refractivity contribution is 6.01. The van der Waals surface area contributed by atoms with E-state index in [0.717, 1.165) is 47.3 Å². The molecule has 0 fully saturated rings. The lowest BCUT2D eigenvalue weighted by Crippen LogP contribution is -2.38. The fourth-order valence-electron chi connectivity index (χ4n) is 4.62. The number of carbonyl (C=O) groups is 2. The van der Waals surface area contributed by atoms with Crippen LogP contribution in [0.2, 0.25) is 0 Å². The molecule has 2 amide bonds. The van der Waals surface area contributed by atoms with E-state index < -0.39 is 0 Å². The predicted octanol–water partition coefficient (Wildman–Crippen LogP) is 6.60. The van der Waals surface area contributed by atoms with Crippen LogP contribution >= 0.6 is 0 Å². The van der Waals surface area contributed by atoms with Crippen LogP contribution in [0.15, 0.2) is 78.9 Å². The van der Waals surface area contributed by atoms with Gasteiger partial charge in [-0.15, -0.1) is 0 Å². The molecule has 38 heavy (non-hydrogen) atoms. The Labute approximate surface area is 225 Å². The highest BCUT2D eigenvalue weighted by atomic mass is 16.2. The van der Waals surface area contributed by atoms with Gasteiger partial charge in [0, 0.05) is 17.7 Å². The van der Waals surface area contributed by atoms with E-state index in [4.69, 9.17) is 5.10 Å². The Morgan fingerprint density at radius 3 is 2.24 bits per heavy atom. The average molecular weight is 509 g/mol. The summed E-state index contributed by atoms with van der Waals surface area (Å²) >= 11 is 0. The third-order valence-corrected chi connectivity index (χ3v) is 6.75. The highest BCUT2D eigenvalue weighted by Gasteiger charge is 2.23. The molecule has 0 spiro atoms. The van der Waals surface area contributed by atoms with E-state index in [1.165, 1.54) is 5.56 Å². The molecule has 6 nitrogen and oxygen atoms in total. The fraction of sp³-hybridized carbons (Fsp3) is 0.281. The molecule has 1 N–H and O–H groups in total. The summed E-state index contributed by atoms with van der Waals surface area (Å²) in [6.45, 7) is 8.38. The van der Waals surface area contributed by atoms with Gasteiger partial charge in [0.25, 0.3) is 5.91 Å². The number of para-hydroxylation sites is 1. The summed E-state index contributed by atoms with van der Waals surface area (Å²) in [5.41, 5.74) is 6.37. The van der Waals surface area contributed by atoms with Crippen LogP contribution in [0, 0.1) is 13.8 Å². The first kappa shape index (κ1) is 26.9. The maximum absolute atomic E-state index is 13.4. The van der Waals surface area contributed by atoms with E-state index in [9.17, 15) is 9.59 Å². The minimum Gasteiger partial charge on any atom is -0.330 e. The Morgan fingerprint density at radius 2 is 1.58 bits per heavy atom. The van der Waals surface area contributed by atoms with Crippen LogP contribution in [0.4, 0.5) is 5.82 Å². The Kier molecular flexibility index (Phi) is 8.74. The van der Waals surface area contributed by atoms with Crippen molar-refractivity contribution in [3.63, 3.8) is 0 Å². The Hall–Kier alpha value is -4.19. The number of amides is 2. The van der Waals surface area contributed by atoms with Crippen LogP contribution < -0.4 is 5.32 Å². The molecule has 0 aliphatic carbocycles. The number of likely N-dealkylation sites (N-methyl/N-ethyl adjacent to an activating group) is 1. The molecule has 0 saturated carbocycles. The van der Waals surface area contributed by atoms with Crippen LogP contribution in [0.1, 0.15) is 53.9 Å². The molecule has 0 atom stereocenters. The molecular weight excluding hydrogens is 472 g/mol. The Balaban J connectivity index is 1.60. The maximum Gasteiger partial charge on any atom is 0.254 e. The average Bonchev–Trinajstić information content (AvgIpc) is 3.26. The number of anilines is 1. The second kappa shape index (κ2) is 12.4. The molecule has 1 heterocycles. The SMILES string of the molecule is CCCCc1ccc(C(=O)N(CC)CC(=O)Nc2c(-c3ccccc3)c(C)nn2-c2ccccc2C)cc1. The van der Waals surface area contributed by atoms with Crippen LogP contribution in [-0.4, -0.2) is 39.6 Å². The molecular formula is C32H36N4O2. The lowest BCUT2D eigenvalue weighted by atomic mass is 10.1. The van der Waals surface area contributed by atoms with Crippen LogP contribution in [-0.2, 0) is 11.2 Å². The zero-order valence-electron chi connectivity index (χ0n) is 22.7. The van der Waals surface area contributed by atoms with Crippen molar-refractivity contribution in [2.24, 2.45) is 0 Å². The third kappa shape index (κ3) is 6.02. The first-order valence-corrected chi connectivity index (χ1v) is 13.3. The van der Waals surface area contributed by atoms with Gasteiger partial charge in [0.05, 0.1) is 11.4 Å². The molecule has 0 saturated heterocycles. The van der Waals surface area contributed by atoms with E-state index in [2.05, 4.69) is 12.2 Å².